The van der Waals surface area contributed by atoms with Crippen LogP contribution in [-0.2, 0) is 139 Å². The number of aliphatic hydroxyl groups is 3. The fourth-order valence-electron chi connectivity index (χ4n) is 10.3. The maximum absolute atomic E-state index is 13.4. The summed E-state index contributed by atoms with van der Waals surface area (Å²) in [7, 11) is 0. The average molecular weight is 2740 g/mol. The third kappa shape index (κ3) is 35.8. The molecule has 0 aliphatic heterocycles. The molecule has 7 heterocycles. The van der Waals surface area contributed by atoms with Crippen LogP contribution in [0.25, 0.3) is 78.8 Å². The van der Waals surface area contributed by atoms with Crippen LogP contribution in [0, 0.1) is 101 Å². The van der Waals surface area contributed by atoms with E-state index < -0.39 is 34.9 Å². The first-order chi connectivity index (χ1) is 57.2. The maximum atomic E-state index is 13.4. The second-order valence-electron chi connectivity index (χ2n) is 24.4. The van der Waals surface area contributed by atoms with E-state index in [2.05, 4.69) is 107 Å². The normalized spacial score (nSPS) is 9.81. The first-order valence-corrected chi connectivity index (χ1v) is 35.5. The van der Waals surface area contributed by atoms with E-state index in [1.807, 2.05) is 84.9 Å². The van der Waals surface area contributed by atoms with Crippen LogP contribution < -0.4 is 4.90 Å². The van der Waals surface area contributed by atoms with Crippen LogP contribution >= 0.6 is 0 Å². The Morgan fingerprint density at radius 2 is 0.581 bits per heavy atom. The van der Waals surface area contributed by atoms with E-state index in [0.717, 1.165) is 92.8 Å². The zero-order chi connectivity index (χ0) is 84.0. The fraction of sp³-hybridized carbons (Fsp3) is 0.0417. The van der Waals surface area contributed by atoms with Crippen LogP contribution in [0.2, 0.25) is 0 Å². The molecule has 28 heteroatoms. The average Bonchev–Trinajstić information content (AvgIpc) is 0.797. The molecule has 16 aromatic rings. The van der Waals surface area contributed by atoms with Crippen molar-refractivity contribution in [2.24, 2.45) is 0 Å². The minimum atomic E-state index is -0.720. The number of carbonyl (C=O) groups excluding carboxylic acids is 1. The number of allylic oxidation sites excluding steroid dienone is 2. The molecular weight excluding hydrogens is 2670 g/mol. The first kappa shape index (κ1) is 107. The number of aliphatic hydroxyl groups excluding tert-OH is 3. The molecule has 0 unspecified atom stereocenters. The number of hydrogen-bond donors (Lipinski definition) is 3. The van der Waals surface area contributed by atoms with Gasteiger partial charge in [-0.1, -0.05) is 138 Å². The summed E-state index contributed by atoms with van der Waals surface area (Å²) in [6.07, 6.45) is 12.5. The van der Waals surface area contributed by atoms with Crippen LogP contribution in [0.3, 0.4) is 0 Å². The molecule has 3 N–H and O–H groups in total. The maximum Gasteiger partial charge on any atom is 0.155 e. The molecule has 646 valence electrons. The van der Waals surface area contributed by atoms with Gasteiger partial charge in [-0.2, -0.15) is 0 Å². The zero-order valence-corrected chi connectivity index (χ0v) is 79.1. The number of nitrogens with zero attached hydrogens (tertiary/aromatic N) is 8. The Morgan fingerprint density at radius 1 is 0.298 bits per heavy atom. The van der Waals surface area contributed by atoms with Gasteiger partial charge in [-0.15, -0.1) is 156 Å². The number of benzene rings is 9. The van der Waals surface area contributed by atoms with E-state index in [0.29, 0.717) is 33.9 Å². The SMILES string of the molecule is CC(=O)C=C(C)O.Fc1c[c-]c(-c2cc(N(c3ccccc3)c3ccccc3)ccn2)cc1.Fc1c[c-]c(-c2ccccn2)c(F)c1.Fc1c[c-]c(-c2ccccn2)c(F)c1.Fc1c[c-]c(-c2ccccn2)cc1.Fc1c[c-]c(-c2ccccn2)cc1.OCc1ccnc(-c2[c-]cc(F)cc2)c1.OCc1ccnc(-c2[c-]cc(F)cc2F)c1.[Ir].[Ir].[Ir].[Ir].[Ir].[Ir]. The van der Waals surface area contributed by atoms with E-state index in [9.17, 15) is 48.7 Å². The smallest absolute Gasteiger partial charge is 0.155 e. The Kier molecular flexibility index (Phi) is 49.8. The molecular formula is C96H67F10Ir6N8O4-7. The summed E-state index contributed by atoms with van der Waals surface area (Å²) in [6, 6.07) is 94.2. The number of anilines is 3. The van der Waals surface area contributed by atoms with Crippen molar-refractivity contribution in [3.63, 3.8) is 0 Å². The molecule has 7 aromatic heterocycles. The minimum Gasteiger partial charge on any atom is -0.512 e. The molecule has 12 nitrogen and oxygen atoms in total. The van der Waals surface area contributed by atoms with Crippen molar-refractivity contribution in [3.05, 3.63) is 446 Å². The van der Waals surface area contributed by atoms with Crippen LogP contribution in [0.5, 0.6) is 0 Å². The van der Waals surface area contributed by atoms with Gasteiger partial charge < -0.3 is 55.1 Å². The largest absolute Gasteiger partial charge is 0.512 e. The van der Waals surface area contributed by atoms with Crippen molar-refractivity contribution in [1.29, 1.82) is 0 Å². The quantitative estimate of drug-likeness (QED) is 0.0433. The number of carbonyl (C=O) groups is 1. The Labute approximate surface area is 792 Å². The molecule has 6 radical (unpaired) electrons. The van der Waals surface area contributed by atoms with E-state index in [1.54, 1.807) is 116 Å². The Balaban J connectivity index is 0.000000371. The molecule has 0 aliphatic rings. The van der Waals surface area contributed by atoms with Gasteiger partial charge in [0, 0.05) is 245 Å². The topological polar surface area (TPSA) is 171 Å². The summed E-state index contributed by atoms with van der Waals surface area (Å²) in [5.74, 6) is -5.22. The van der Waals surface area contributed by atoms with Crippen molar-refractivity contribution >= 4 is 22.8 Å². The number of halogens is 10. The summed E-state index contributed by atoms with van der Waals surface area (Å²) < 4.78 is 129. The van der Waals surface area contributed by atoms with Crippen LogP contribution in [-0.4, -0.2) is 56.0 Å². The van der Waals surface area contributed by atoms with Crippen LogP contribution in [0.15, 0.2) is 334 Å². The van der Waals surface area contributed by atoms with E-state index in [1.165, 1.54) is 80.7 Å². The van der Waals surface area contributed by atoms with Crippen LogP contribution in [0.1, 0.15) is 25.0 Å². The first-order valence-electron chi connectivity index (χ1n) is 35.5. The van der Waals surface area contributed by atoms with Gasteiger partial charge >= 0.3 is 0 Å². The van der Waals surface area contributed by atoms with Gasteiger partial charge in [-0.3, -0.25) is 48.7 Å². The minimum absolute atomic E-state index is 0. The van der Waals surface area contributed by atoms with Gasteiger partial charge in [0.1, 0.15) is 0 Å². The van der Waals surface area contributed by atoms with Gasteiger partial charge in [0.2, 0.25) is 0 Å². The van der Waals surface area contributed by atoms with Gasteiger partial charge in [-0.25, -0.2) is 0 Å². The van der Waals surface area contributed by atoms with Crippen LogP contribution in [0.4, 0.5) is 61.0 Å². The standard InChI is InChI=1S/C23H16FN2.C12H8F2NO.C12H9FNO.2C11H6F2N.2C11H7FN.C5H8O2.6Ir/c24-19-13-11-18(12-14-19)23-17-22(15-16-25-23)26(20-7-3-1-4-8-20)21-9-5-2-6-10-21;13-9-1-2-10(11(14)6-9)12-5-8(7-16)3-4-15-12;13-11-3-1-10(2-4-11)12-7-9(8-15)5-6-14-12;2*12-8-4-5-9(10(13)7-8)11-3-1-2-6-14-11;2*12-10-6-4-9(5-7-10)11-3-1-2-8-13-11;1-4(6)3-5(2)7;;;;;;/h1-11,13-17H;1,3-6,16H,7H2;1,3-7,15H,8H2;2*1-4,6-7H;2*1-4,6-8H;3,6H,1-2H3;;;;;;/q7*-1;;;;;;;. The molecule has 0 atom stereocenters. The molecule has 16 rings (SSSR count). The molecule has 0 spiro atoms. The third-order valence-electron chi connectivity index (χ3n) is 15.7. The van der Waals surface area contributed by atoms with E-state index in [-0.39, 0.29) is 185 Å². The van der Waals surface area contributed by atoms with Crippen molar-refractivity contribution in [2.75, 3.05) is 4.90 Å². The Bertz CT molecular complexity index is 5600. The summed E-state index contributed by atoms with van der Waals surface area (Å²) in [6.45, 7) is 2.66. The van der Waals surface area contributed by atoms with Gasteiger partial charge in [-0.05, 0) is 132 Å². The van der Waals surface area contributed by atoms with E-state index >= 15 is 0 Å². The molecule has 0 aliphatic carbocycles. The van der Waals surface area contributed by atoms with Crippen molar-refractivity contribution in [2.45, 2.75) is 27.1 Å². The van der Waals surface area contributed by atoms with Crippen molar-refractivity contribution < 1.29 is 185 Å². The number of pyridine rings is 7. The number of para-hydroxylation sites is 2. The molecule has 0 fully saturated rings. The summed E-state index contributed by atoms with van der Waals surface area (Å²) in [4.78, 5) is 40.8. The molecule has 9 aromatic carbocycles. The van der Waals surface area contributed by atoms with Crippen molar-refractivity contribution in [1.82, 2.24) is 34.9 Å². The Morgan fingerprint density at radius 3 is 0.871 bits per heavy atom. The molecule has 0 amide bonds. The van der Waals surface area contributed by atoms with Gasteiger partial charge in [0.05, 0.1) is 19.0 Å². The summed E-state index contributed by atoms with van der Waals surface area (Å²) >= 11 is 0. The van der Waals surface area contributed by atoms with Crippen molar-refractivity contribution in [3.8, 4) is 78.8 Å². The van der Waals surface area contributed by atoms with Gasteiger partial charge in [0.25, 0.3) is 0 Å². The second kappa shape index (κ2) is 57.6. The summed E-state index contributed by atoms with van der Waals surface area (Å²) in [5, 5.41) is 26.2. The number of aromatic nitrogens is 7. The fourth-order valence-corrected chi connectivity index (χ4v) is 10.3. The Hall–Kier alpha value is -10.8. The molecule has 124 heavy (non-hydrogen) atoms. The second-order valence-corrected chi connectivity index (χ2v) is 24.4. The number of rotatable bonds is 13. The van der Waals surface area contributed by atoms with E-state index in [4.69, 9.17) is 15.3 Å². The molecule has 0 bridgehead atoms. The third-order valence-corrected chi connectivity index (χ3v) is 15.7. The van der Waals surface area contributed by atoms with Gasteiger partial charge in [0.15, 0.2) is 5.78 Å². The number of hydrogen-bond acceptors (Lipinski definition) is 12. The molecule has 0 saturated carbocycles. The predicted molar refractivity (Wildman–Crippen MR) is 433 cm³/mol. The zero-order valence-electron chi connectivity index (χ0n) is 64.7. The predicted octanol–water partition coefficient (Wildman–Crippen LogP) is 22.7. The summed E-state index contributed by atoms with van der Waals surface area (Å²) in [5.41, 5.74) is 12.3. The molecule has 0 saturated heterocycles. The number of ketones is 1. The monoisotopic (exact) mass is 2740 g/mol.